The molecule has 1 unspecified atom stereocenters. The molecule has 1 aliphatic rings. The molecular formula is C8H17N5O. The van der Waals surface area contributed by atoms with E-state index in [-0.39, 0.29) is 17.5 Å². The van der Waals surface area contributed by atoms with Crippen molar-refractivity contribution in [1.29, 1.82) is 0 Å². The number of rotatable bonds is 2. The third-order valence-electron chi connectivity index (χ3n) is 2.12. The summed E-state index contributed by atoms with van der Waals surface area (Å²) in [4.78, 5) is 7.65. The molecule has 0 aromatic heterocycles. The van der Waals surface area contributed by atoms with Gasteiger partial charge in [-0.05, 0) is 19.8 Å². The molecule has 6 heteroatoms. The van der Waals surface area contributed by atoms with Crippen LogP contribution in [0.5, 0.6) is 0 Å². The molecule has 0 aromatic rings. The zero-order valence-electron chi connectivity index (χ0n) is 8.36. The molecule has 14 heavy (non-hydrogen) atoms. The zero-order chi connectivity index (χ0) is 10.6. The Bertz CT molecular complexity index is 250. The van der Waals surface area contributed by atoms with Crippen molar-refractivity contribution in [3.8, 4) is 0 Å². The molecule has 0 amide bonds. The summed E-state index contributed by atoms with van der Waals surface area (Å²) in [5, 5.41) is 0. The third-order valence-corrected chi connectivity index (χ3v) is 2.12. The minimum atomic E-state index is -0.205. The van der Waals surface area contributed by atoms with E-state index < -0.39 is 0 Å². The molecule has 0 aliphatic carbocycles. The fraction of sp³-hybridized carbons (Fsp3) is 0.750. The van der Waals surface area contributed by atoms with Crippen molar-refractivity contribution in [2.24, 2.45) is 27.2 Å². The van der Waals surface area contributed by atoms with Crippen LogP contribution in [0.3, 0.4) is 0 Å². The van der Waals surface area contributed by atoms with Crippen LogP contribution in [0.2, 0.25) is 0 Å². The molecule has 0 aromatic carbocycles. The van der Waals surface area contributed by atoms with Crippen molar-refractivity contribution in [2.75, 3.05) is 13.2 Å². The molecule has 0 saturated carbocycles. The minimum Gasteiger partial charge on any atom is -0.373 e. The van der Waals surface area contributed by atoms with E-state index in [0.29, 0.717) is 6.54 Å². The Balaban J connectivity index is 2.49. The summed E-state index contributed by atoms with van der Waals surface area (Å²) in [6.45, 7) is 3.29. The Labute approximate surface area is 83.2 Å². The summed E-state index contributed by atoms with van der Waals surface area (Å²) in [7, 11) is 0. The first-order chi connectivity index (χ1) is 6.52. The van der Waals surface area contributed by atoms with Gasteiger partial charge in [-0.1, -0.05) is 0 Å². The van der Waals surface area contributed by atoms with E-state index in [1.54, 1.807) is 0 Å². The number of aliphatic imine (C=N–C) groups is 2. The van der Waals surface area contributed by atoms with Gasteiger partial charge in [-0.25, -0.2) is 4.99 Å². The number of ether oxygens (including phenoxy) is 1. The van der Waals surface area contributed by atoms with Crippen LogP contribution in [-0.4, -0.2) is 30.7 Å². The van der Waals surface area contributed by atoms with Gasteiger partial charge in [-0.2, -0.15) is 4.99 Å². The standard InChI is InChI=1S/C8H17N5O/c1-8(3-2-4-14-8)5-12-7(11)13-6(9)10/h2-5H2,1H3,(H6,9,10,11,12,13). The number of nitrogens with two attached hydrogens (primary N) is 3. The van der Waals surface area contributed by atoms with E-state index in [9.17, 15) is 0 Å². The second kappa shape index (κ2) is 4.28. The SMILES string of the molecule is CC1(CN=C(N)N=C(N)N)CCCO1. The second-order valence-corrected chi connectivity index (χ2v) is 3.61. The molecule has 6 N–H and O–H groups in total. The molecule has 80 valence electrons. The van der Waals surface area contributed by atoms with Crippen LogP contribution >= 0.6 is 0 Å². The first-order valence-electron chi connectivity index (χ1n) is 4.55. The van der Waals surface area contributed by atoms with Gasteiger partial charge in [0.1, 0.15) is 0 Å². The molecule has 1 rings (SSSR count). The highest BCUT2D eigenvalue weighted by atomic mass is 16.5. The first kappa shape index (κ1) is 10.8. The van der Waals surface area contributed by atoms with Gasteiger partial charge >= 0.3 is 0 Å². The molecule has 1 saturated heterocycles. The van der Waals surface area contributed by atoms with Crippen molar-refractivity contribution < 1.29 is 4.74 Å². The maximum absolute atomic E-state index is 5.52. The van der Waals surface area contributed by atoms with Crippen molar-refractivity contribution in [3.63, 3.8) is 0 Å². The van der Waals surface area contributed by atoms with Gasteiger partial charge in [0.05, 0.1) is 12.1 Å². The van der Waals surface area contributed by atoms with Crippen LogP contribution < -0.4 is 17.2 Å². The van der Waals surface area contributed by atoms with E-state index in [4.69, 9.17) is 21.9 Å². The smallest absolute Gasteiger partial charge is 0.218 e. The van der Waals surface area contributed by atoms with Crippen LogP contribution in [-0.2, 0) is 4.74 Å². The Morgan fingerprint density at radius 2 is 2.14 bits per heavy atom. The van der Waals surface area contributed by atoms with E-state index in [2.05, 4.69) is 9.98 Å². The monoisotopic (exact) mass is 199 g/mol. The van der Waals surface area contributed by atoms with Gasteiger partial charge in [0.2, 0.25) is 5.96 Å². The normalized spacial score (nSPS) is 27.6. The topological polar surface area (TPSA) is 112 Å². The number of nitrogens with zero attached hydrogens (tertiary/aromatic N) is 2. The van der Waals surface area contributed by atoms with Crippen molar-refractivity contribution in [2.45, 2.75) is 25.4 Å². The number of hydrogen-bond acceptors (Lipinski definition) is 2. The van der Waals surface area contributed by atoms with Crippen molar-refractivity contribution >= 4 is 11.9 Å². The number of guanidine groups is 2. The summed E-state index contributed by atoms with van der Waals surface area (Å²) < 4.78 is 5.52. The second-order valence-electron chi connectivity index (χ2n) is 3.61. The van der Waals surface area contributed by atoms with Crippen molar-refractivity contribution in [3.05, 3.63) is 0 Å². The van der Waals surface area contributed by atoms with Crippen LogP contribution in [0.4, 0.5) is 0 Å². The molecule has 0 bridgehead atoms. The molecule has 1 fully saturated rings. The molecule has 1 aliphatic heterocycles. The summed E-state index contributed by atoms with van der Waals surface area (Å²) >= 11 is 0. The van der Waals surface area contributed by atoms with E-state index >= 15 is 0 Å². The highest BCUT2D eigenvalue weighted by Crippen LogP contribution is 2.24. The highest BCUT2D eigenvalue weighted by molar-refractivity contribution is 5.92. The molecule has 0 spiro atoms. The average molecular weight is 199 g/mol. The lowest BCUT2D eigenvalue weighted by Crippen LogP contribution is -2.30. The van der Waals surface area contributed by atoms with Crippen LogP contribution in [0.15, 0.2) is 9.98 Å². The largest absolute Gasteiger partial charge is 0.373 e. The van der Waals surface area contributed by atoms with E-state index in [1.807, 2.05) is 6.92 Å². The van der Waals surface area contributed by atoms with Gasteiger partial charge in [0.15, 0.2) is 5.96 Å². The Kier molecular flexibility index (Phi) is 3.29. The van der Waals surface area contributed by atoms with E-state index in [0.717, 1.165) is 19.4 Å². The van der Waals surface area contributed by atoms with Crippen LogP contribution in [0.1, 0.15) is 19.8 Å². The van der Waals surface area contributed by atoms with Gasteiger partial charge in [-0.15, -0.1) is 0 Å². The molecule has 0 radical (unpaired) electrons. The van der Waals surface area contributed by atoms with E-state index in [1.165, 1.54) is 0 Å². The van der Waals surface area contributed by atoms with Crippen molar-refractivity contribution in [1.82, 2.24) is 0 Å². The molecule has 6 nitrogen and oxygen atoms in total. The Morgan fingerprint density at radius 3 is 2.64 bits per heavy atom. The van der Waals surface area contributed by atoms with Gasteiger partial charge < -0.3 is 21.9 Å². The Hall–Kier alpha value is -1.30. The zero-order valence-corrected chi connectivity index (χ0v) is 8.36. The lowest BCUT2D eigenvalue weighted by Gasteiger charge is -2.19. The third kappa shape index (κ3) is 3.21. The molecule has 1 atom stereocenters. The molecule has 1 heterocycles. The highest BCUT2D eigenvalue weighted by Gasteiger charge is 2.29. The fourth-order valence-electron chi connectivity index (χ4n) is 1.38. The summed E-state index contributed by atoms with van der Waals surface area (Å²) in [6, 6.07) is 0. The summed E-state index contributed by atoms with van der Waals surface area (Å²) in [5.74, 6) is 0.0190. The maximum Gasteiger partial charge on any atom is 0.218 e. The lowest BCUT2D eigenvalue weighted by atomic mass is 10.0. The van der Waals surface area contributed by atoms with Crippen LogP contribution in [0.25, 0.3) is 0 Å². The van der Waals surface area contributed by atoms with Gasteiger partial charge in [0, 0.05) is 6.61 Å². The maximum atomic E-state index is 5.52. The molecular weight excluding hydrogens is 182 g/mol. The number of hydrogen-bond donors (Lipinski definition) is 3. The fourth-order valence-corrected chi connectivity index (χ4v) is 1.38. The van der Waals surface area contributed by atoms with Crippen LogP contribution in [0, 0.1) is 0 Å². The predicted molar refractivity (Wildman–Crippen MR) is 55.9 cm³/mol. The first-order valence-corrected chi connectivity index (χ1v) is 4.55. The summed E-state index contributed by atoms with van der Waals surface area (Å²) in [5.41, 5.74) is 15.5. The van der Waals surface area contributed by atoms with Gasteiger partial charge in [-0.3, -0.25) is 0 Å². The Morgan fingerprint density at radius 1 is 1.43 bits per heavy atom. The summed E-state index contributed by atoms with van der Waals surface area (Å²) in [6.07, 6.45) is 2.06. The average Bonchev–Trinajstić information content (AvgIpc) is 2.49. The quantitative estimate of drug-likeness (QED) is 0.397. The van der Waals surface area contributed by atoms with Gasteiger partial charge in [0.25, 0.3) is 0 Å². The lowest BCUT2D eigenvalue weighted by molar-refractivity contribution is 0.0284. The predicted octanol–water partition coefficient (Wildman–Crippen LogP) is -0.856. The minimum absolute atomic E-state index is 0.0799.